The average molecular weight is 559 g/mol. The maximum absolute atomic E-state index is 12.5. The van der Waals surface area contributed by atoms with Crippen LogP contribution >= 0.6 is 0 Å². The number of hydrogen-bond acceptors (Lipinski definition) is 6. The van der Waals surface area contributed by atoms with Crippen LogP contribution in [0.2, 0.25) is 0 Å². The van der Waals surface area contributed by atoms with Crippen molar-refractivity contribution in [2.24, 2.45) is 15.9 Å². The van der Waals surface area contributed by atoms with E-state index >= 15 is 0 Å². The van der Waals surface area contributed by atoms with E-state index < -0.39 is 0 Å². The molecule has 0 spiro atoms. The second-order valence-corrected chi connectivity index (χ2v) is 12.2. The highest BCUT2D eigenvalue weighted by atomic mass is 16.5. The third-order valence-corrected chi connectivity index (χ3v) is 9.11. The van der Waals surface area contributed by atoms with Crippen molar-refractivity contribution in [3.63, 3.8) is 0 Å². The Bertz CT molecular complexity index is 1290. The Kier molecular flexibility index (Phi) is 9.25. The predicted octanol–water partition coefficient (Wildman–Crippen LogP) is 5.30. The summed E-state index contributed by atoms with van der Waals surface area (Å²) < 4.78 is 5.84. The normalized spacial score (nSPS) is 25.3. The van der Waals surface area contributed by atoms with Gasteiger partial charge in [0.15, 0.2) is 0 Å². The summed E-state index contributed by atoms with van der Waals surface area (Å²) in [6, 6.07) is 7.14. The molecular formula is C34H46N4O3. The number of aliphatic hydroxyl groups is 1. The molecule has 1 aliphatic carbocycles. The van der Waals surface area contributed by atoms with Gasteiger partial charge in [0.2, 0.25) is 5.91 Å². The maximum Gasteiger partial charge on any atom is 0.236 e. The fourth-order valence-corrected chi connectivity index (χ4v) is 6.75. The van der Waals surface area contributed by atoms with Crippen molar-refractivity contribution in [1.82, 2.24) is 9.80 Å². The maximum atomic E-state index is 12.5. The van der Waals surface area contributed by atoms with Crippen molar-refractivity contribution in [2.45, 2.75) is 77.9 Å². The number of rotatable bonds is 8. The molecule has 2 fully saturated rings. The van der Waals surface area contributed by atoms with E-state index in [9.17, 15) is 9.90 Å². The Morgan fingerprint density at radius 1 is 1.17 bits per heavy atom. The van der Waals surface area contributed by atoms with Gasteiger partial charge in [-0.05, 0) is 103 Å². The van der Waals surface area contributed by atoms with Crippen molar-refractivity contribution in [1.29, 1.82) is 0 Å². The molecule has 220 valence electrons. The van der Waals surface area contributed by atoms with Gasteiger partial charge >= 0.3 is 0 Å². The summed E-state index contributed by atoms with van der Waals surface area (Å²) in [5.41, 5.74) is 9.00. The summed E-state index contributed by atoms with van der Waals surface area (Å²) in [7, 11) is 1.73. The summed E-state index contributed by atoms with van der Waals surface area (Å²) in [5.74, 6) is 1.80. The van der Waals surface area contributed by atoms with E-state index in [2.05, 4.69) is 72.9 Å². The lowest BCUT2D eigenvalue weighted by molar-refractivity contribution is -0.142. The topological polar surface area (TPSA) is 77.7 Å². The zero-order valence-electron chi connectivity index (χ0n) is 25.4. The molecule has 1 unspecified atom stereocenters. The minimum Gasteiger partial charge on any atom is -0.495 e. The molecule has 0 radical (unpaired) electrons. The fraction of sp³-hybridized carbons (Fsp3) is 0.559. The molecule has 5 rings (SSSR count). The zero-order chi connectivity index (χ0) is 29.1. The lowest BCUT2D eigenvalue weighted by Gasteiger charge is -2.38. The van der Waals surface area contributed by atoms with Crippen LogP contribution < -0.4 is 0 Å². The van der Waals surface area contributed by atoms with Crippen LogP contribution in [0, 0.1) is 12.8 Å². The van der Waals surface area contributed by atoms with Gasteiger partial charge in [-0.1, -0.05) is 45.0 Å². The first-order valence-corrected chi connectivity index (χ1v) is 15.4. The Morgan fingerprint density at radius 3 is 2.59 bits per heavy atom. The van der Waals surface area contributed by atoms with E-state index in [0.717, 1.165) is 56.7 Å². The minimum atomic E-state index is -0.344. The highest BCUT2D eigenvalue weighted by Gasteiger charge is 2.31. The molecule has 1 aromatic rings. The number of aryl methyl sites for hydroxylation is 1. The average Bonchev–Trinajstić information content (AvgIpc) is 3.39. The van der Waals surface area contributed by atoms with Crippen molar-refractivity contribution >= 4 is 23.5 Å². The van der Waals surface area contributed by atoms with Gasteiger partial charge in [0.1, 0.15) is 17.8 Å². The van der Waals surface area contributed by atoms with E-state index in [0.29, 0.717) is 31.5 Å². The molecule has 1 N–H and O–H groups in total. The van der Waals surface area contributed by atoms with E-state index in [4.69, 9.17) is 4.74 Å². The number of aliphatic imine (C=N–C) groups is 2. The van der Waals surface area contributed by atoms with Gasteiger partial charge in [0.25, 0.3) is 0 Å². The van der Waals surface area contributed by atoms with Crippen LogP contribution in [0.25, 0.3) is 5.57 Å². The van der Waals surface area contributed by atoms with E-state index in [1.165, 1.54) is 33.4 Å². The number of β-amino-alcohol motifs (C(OH)–C–C–N with tert-alkyl or cyclic N) is 1. The quantitative estimate of drug-likeness (QED) is 0.470. The molecule has 3 heterocycles. The van der Waals surface area contributed by atoms with Crippen LogP contribution in [0.5, 0.6) is 0 Å². The predicted molar refractivity (Wildman–Crippen MR) is 166 cm³/mol. The number of carbonyl (C=O) groups is 1. The molecule has 1 aromatic carbocycles. The van der Waals surface area contributed by atoms with Crippen molar-refractivity contribution < 1.29 is 14.6 Å². The number of ether oxygens (including phenoxy) is 1. The first-order valence-electron chi connectivity index (χ1n) is 15.4. The molecule has 2 saturated heterocycles. The first-order chi connectivity index (χ1) is 19.8. The van der Waals surface area contributed by atoms with Crippen molar-refractivity contribution in [2.75, 3.05) is 39.8 Å². The molecule has 3 aliphatic heterocycles. The zero-order valence-corrected chi connectivity index (χ0v) is 25.4. The summed E-state index contributed by atoms with van der Waals surface area (Å²) >= 11 is 0. The third-order valence-electron chi connectivity index (χ3n) is 9.11. The van der Waals surface area contributed by atoms with Crippen LogP contribution in [0.4, 0.5) is 0 Å². The SMILES string of the molecule is CCC(/C1=C/CCC2N=CN=C2/C(OC)=C\1)=C(\c1cc(C2CCN(CC(=O)N3CC(O)C3)CC2)ccc1C)C(C)C. The summed E-state index contributed by atoms with van der Waals surface area (Å²) in [6.07, 6.45) is 10.8. The second-order valence-electron chi connectivity index (χ2n) is 12.2. The molecular weight excluding hydrogens is 512 g/mol. The lowest BCUT2D eigenvalue weighted by atomic mass is 9.80. The molecule has 4 aliphatic rings. The van der Waals surface area contributed by atoms with Gasteiger partial charge in [-0.15, -0.1) is 0 Å². The molecule has 0 bridgehead atoms. The number of aliphatic hydroxyl groups excluding tert-OH is 1. The van der Waals surface area contributed by atoms with Gasteiger partial charge in [-0.25, -0.2) is 4.99 Å². The number of benzene rings is 1. The molecule has 1 atom stereocenters. The van der Waals surface area contributed by atoms with Gasteiger partial charge in [0.05, 0.1) is 25.8 Å². The molecule has 0 aromatic heterocycles. The Morgan fingerprint density at radius 2 is 1.93 bits per heavy atom. The van der Waals surface area contributed by atoms with Gasteiger partial charge in [0, 0.05) is 13.1 Å². The molecule has 7 nitrogen and oxygen atoms in total. The molecule has 0 saturated carbocycles. The largest absolute Gasteiger partial charge is 0.495 e. The minimum absolute atomic E-state index is 0.0877. The van der Waals surface area contributed by atoms with Crippen LogP contribution in [0.1, 0.15) is 75.5 Å². The molecule has 1 amide bonds. The van der Waals surface area contributed by atoms with E-state index in [1.54, 1.807) is 18.3 Å². The fourth-order valence-electron chi connectivity index (χ4n) is 6.75. The number of likely N-dealkylation sites (tertiary alicyclic amines) is 2. The molecule has 41 heavy (non-hydrogen) atoms. The smallest absolute Gasteiger partial charge is 0.236 e. The number of methoxy groups -OCH3 is 1. The highest BCUT2D eigenvalue weighted by Crippen LogP contribution is 2.38. The number of carbonyl (C=O) groups excluding carboxylic acids is 1. The van der Waals surface area contributed by atoms with Crippen molar-refractivity contribution in [3.05, 3.63) is 63.9 Å². The lowest BCUT2D eigenvalue weighted by Crippen LogP contribution is -2.56. The summed E-state index contributed by atoms with van der Waals surface area (Å²) in [6.45, 7) is 12.4. The molecule has 7 heteroatoms. The summed E-state index contributed by atoms with van der Waals surface area (Å²) in [4.78, 5) is 25.6. The number of nitrogens with zero attached hydrogens (tertiary/aromatic N) is 4. The van der Waals surface area contributed by atoms with Gasteiger partial charge in [-0.2, -0.15) is 0 Å². The number of piperidine rings is 1. The van der Waals surface area contributed by atoms with E-state index in [1.807, 2.05) is 0 Å². The van der Waals surface area contributed by atoms with Crippen LogP contribution in [-0.2, 0) is 9.53 Å². The third kappa shape index (κ3) is 6.41. The van der Waals surface area contributed by atoms with Gasteiger partial charge < -0.3 is 14.7 Å². The van der Waals surface area contributed by atoms with Crippen LogP contribution in [0.15, 0.2) is 57.2 Å². The Labute approximate surface area is 245 Å². The number of fused-ring (bicyclic) bond motifs is 1. The number of amides is 1. The first kappa shape index (κ1) is 29.5. The van der Waals surface area contributed by atoms with Crippen LogP contribution in [0.3, 0.4) is 0 Å². The highest BCUT2D eigenvalue weighted by molar-refractivity contribution is 6.09. The Hall–Kier alpha value is -3.03. The summed E-state index contributed by atoms with van der Waals surface area (Å²) in [5, 5.41) is 9.52. The van der Waals surface area contributed by atoms with Crippen LogP contribution in [-0.4, -0.2) is 84.8 Å². The number of allylic oxidation sites excluding steroid dienone is 5. The second kappa shape index (κ2) is 12.9. The number of hydrogen-bond donors (Lipinski definition) is 1. The van der Waals surface area contributed by atoms with Crippen molar-refractivity contribution in [3.8, 4) is 0 Å². The Balaban J connectivity index is 1.39. The van der Waals surface area contributed by atoms with Gasteiger partial charge in [-0.3, -0.25) is 14.7 Å². The standard InChI is InChI=1S/C34H46N4O3/c1-6-28(26-8-7-9-30-34(36-21-35-30)31(17-26)41-5)33(22(2)3)29-16-25(11-10-23(29)4)24-12-14-37(15-13-24)20-32(40)38-18-27(39)19-38/h8,10-11,16-17,21-22,24,27,30,39H,6-7,9,12-15,18-20H2,1-5H3/b26-8+,31-17+,33-28+. The van der Waals surface area contributed by atoms with E-state index in [-0.39, 0.29) is 18.1 Å². The monoisotopic (exact) mass is 558 g/mol.